The van der Waals surface area contributed by atoms with Crippen molar-refractivity contribution in [1.29, 1.82) is 0 Å². The summed E-state index contributed by atoms with van der Waals surface area (Å²) in [5, 5.41) is 9.52. The molecule has 4 heteroatoms. The average Bonchev–Trinajstić information content (AvgIpc) is 2.41. The first-order valence-electron chi connectivity index (χ1n) is 4.74. The predicted octanol–water partition coefficient (Wildman–Crippen LogP) is 2.12. The number of benzene rings is 1. The van der Waals surface area contributed by atoms with Crippen molar-refractivity contribution in [3.8, 4) is 5.75 Å². The molecule has 0 atom stereocenters. The van der Waals surface area contributed by atoms with Crippen molar-refractivity contribution in [2.75, 3.05) is 0 Å². The Hall–Kier alpha value is -1.71. The molecule has 2 N–H and O–H groups in total. The topological polar surface area (TPSA) is 66.2 Å². The van der Waals surface area contributed by atoms with Gasteiger partial charge in [-0.1, -0.05) is 20.8 Å². The summed E-state index contributed by atoms with van der Waals surface area (Å²) < 4.78 is 5.06. The first-order chi connectivity index (χ1) is 6.88. The van der Waals surface area contributed by atoms with E-state index in [2.05, 4.69) is 4.98 Å². The number of hydrogen-bond acceptors (Lipinski definition) is 3. The van der Waals surface area contributed by atoms with E-state index in [0.29, 0.717) is 11.1 Å². The average molecular weight is 207 g/mol. The van der Waals surface area contributed by atoms with Crippen LogP contribution in [0.25, 0.3) is 11.1 Å². The minimum atomic E-state index is -0.499. The molecule has 1 aromatic heterocycles. The van der Waals surface area contributed by atoms with Gasteiger partial charge >= 0.3 is 5.76 Å². The monoisotopic (exact) mass is 207 g/mol. The number of aromatic amines is 1. The Labute approximate surface area is 86.5 Å². The predicted molar refractivity (Wildman–Crippen MR) is 57.2 cm³/mol. The SMILES string of the molecule is CC(C)(C)c1cc(O)cc2[nH]c(=O)oc12. The van der Waals surface area contributed by atoms with Crippen molar-refractivity contribution in [2.45, 2.75) is 26.2 Å². The second-order valence-corrected chi connectivity index (χ2v) is 4.63. The Balaban J connectivity index is 2.88. The van der Waals surface area contributed by atoms with Crippen molar-refractivity contribution < 1.29 is 9.52 Å². The highest BCUT2D eigenvalue weighted by Crippen LogP contribution is 2.31. The summed E-state index contributed by atoms with van der Waals surface area (Å²) in [5.41, 5.74) is 1.68. The molecule has 0 aliphatic heterocycles. The van der Waals surface area contributed by atoms with Crippen molar-refractivity contribution in [3.63, 3.8) is 0 Å². The van der Waals surface area contributed by atoms with Crippen molar-refractivity contribution in [1.82, 2.24) is 4.98 Å². The molecule has 2 aromatic rings. The smallest absolute Gasteiger partial charge is 0.417 e. The third-order valence-corrected chi connectivity index (χ3v) is 2.31. The van der Waals surface area contributed by atoms with Gasteiger partial charge in [-0.15, -0.1) is 0 Å². The van der Waals surface area contributed by atoms with Crippen LogP contribution in [0.5, 0.6) is 5.75 Å². The van der Waals surface area contributed by atoms with E-state index in [0.717, 1.165) is 5.56 Å². The fraction of sp³-hybridized carbons (Fsp3) is 0.364. The van der Waals surface area contributed by atoms with E-state index in [9.17, 15) is 9.90 Å². The third kappa shape index (κ3) is 1.63. The van der Waals surface area contributed by atoms with Gasteiger partial charge in [-0.3, -0.25) is 4.98 Å². The molecule has 0 radical (unpaired) electrons. The summed E-state index contributed by atoms with van der Waals surface area (Å²) >= 11 is 0. The van der Waals surface area contributed by atoms with Gasteiger partial charge in [-0.05, 0) is 11.5 Å². The second-order valence-electron chi connectivity index (χ2n) is 4.63. The number of oxazole rings is 1. The minimum absolute atomic E-state index is 0.129. The number of aromatic nitrogens is 1. The number of hydrogen-bond donors (Lipinski definition) is 2. The molecular formula is C11H13NO3. The van der Waals surface area contributed by atoms with Gasteiger partial charge in [0.2, 0.25) is 0 Å². The van der Waals surface area contributed by atoms with Gasteiger partial charge in [0.1, 0.15) is 5.75 Å². The quantitative estimate of drug-likeness (QED) is 0.695. The van der Waals surface area contributed by atoms with Crippen LogP contribution in [0.3, 0.4) is 0 Å². The number of phenolic OH excluding ortho intramolecular Hbond substituents is 1. The zero-order valence-electron chi connectivity index (χ0n) is 8.92. The molecule has 0 aliphatic rings. The van der Waals surface area contributed by atoms with E-state index in [-0.39, 0.29) is 11.2 Å². The molecule has 0 amide bonds. The summed E-state index contributed by atoms with van der Waals surface area (Å²) in [5.74, 6) is -0.370. The van der Waals surface area contributed by atoms with Gasteiger partial charge < -0.3 is 9.52 Å². The lowest BCUT2D eigenvalue weighted by Crippen LogP contribution is -2.11. The van der Waals surface area contributed by atoms with E-state index in [4.69, 9.17) is 4.42 Å². The van der Waals surface area contributed by atoms with Gasteiger partial charge in [0.15, 0.2) is 5.58 Å². The molecule has 0 unspecified atom stereocenters. The van der Waals surface area contributed by atoms with E-state index in [1.54, 1.807) is 6.07 Å². The lowest BCUT2D eigenvalue weighted by atomic mass is 9.86. The molecule has 1 heterocycles. The molecular weight excluding hydrogens is 194 g/mol. The normalized spacial score (nSPS) is 12.2. The van der Waals surface area contributed by atoms with Crippen LogP contribution >= 0.6 is 0 Å². The van der Waals surface area contributed by atoms with Crippen LogP contribution in [0.4, 0.5) is 0 Å². The summed E-state index contributed by atoms with van der Waals surface area (Å²) in [7, 11) is 0. The number of rotatable bonds is 0. The number of nitrogens with one attached hydrogen (secondary N) is 1. The van der Waals surface area contributed by atoms with Crippen LogP contribution in [0.2, 0.25) is 0 Å². The van der Waals surface area contributed by atoms with E-state index < -0.39 is 5.76 Å². The minimum Gasteiger partial charge on any atom is -0.508 e. The zero-order chi connectivity index (χ0) is 11.2. The molecule has 80 valence electrons. The maximum absolute atomic E-state index is 11.1. The molecule has 4 nitrogen and oxygen atoms in total. The molecule has 15 heavy (non-hydrogen) atoms. The highest BCUT2D eigenvalue weighted by Gasteiger charge is 2.20. The highest BCUT2D eigenvalue weighted by molar-refractivity contribution is 5.79. The first kappa shape index (κ1) is 9.83. The molecule has 1 aromatic carbocycles. The van der Waals surface area contributed by atoms with Crippen LogP contribution in [-0.2, 0) is 5.41 Å². The van der Waals surface area contributed by atoms with Gasteiger partial charge in [0.05, 0.1) is 5.52 Å². The van der Waals surface area contributed by atoms with Crippen molar-refractivity contribution in [2.24, 2.45) is 0 Å². The first-order valence-corrected chi connectivity index (χ1v) is 4.74. The molecule has 2 rings (SSSR count). The van der Waals surface area contributed by atoms with Crippen LogP contribution < -0.4 is 5.76 Å². The largest absolute Gasteiger partial charge is 0.508 e. The fourth-order valence-corrected chi connectivity index (χ4v) is 1.60. The summed E-state index contributed by atoms with van der Waals surface area (Å²) in [4.78, 5) is 13.6. The third-order valence-electron chi connectivity index (χ3n) is 2.31. The Morgan fingerprint density at radius 2 is 2.00 bits per heavy atom. The molecule has 0 aliphatic carbocycles. The molecule has 0 saturated carbocycles. The maximum Gasteiger partial charge on any atom is 0.417 e. The Kier molecular flexibility index (Phi) is 1.89. The van der Waals surface area contributed by atoms with Crippen LogP contribution in [0, 0.1) is 0 Å². The van der Waals surface area contributed by atoms with Crippen LogP contribution in [-0.4, -0.2) is 10.1 Å². The van der Waals surface area contributed by atoms with Crippen molar-refractivity contribution >= 4 is 11.1 Å². The number of H-pyrrole nitrogens is 1. The van der Waals surface area contributed by atoms with Gasteiger partial charge in [0.25, 0.3) is 0 Å². The standard InChI is InChI=1S/C11H13NO3/c1-11(2,3)7-4-6(13)5-8-9(7)15-10(14)12-8/h4-5,13H,1-3H3,(H,12,14). The lowest BCUT2D eigenvalue weighted by molar-refractivity contribution is 0.470. The zero-order valence-corrected chi connectivity index (χ0v) is 8.92. The Bertz CT molecular complexity index is 557. The molecule has 0 saturated heterocycles. The highest BCUT2D eigenvalue weighted by atomic mass is 16.4. The Morgan fingerprint density at radius 3 is 2.60 bits per heavy atom. The van der Waals surface area contributed by atoms with Gasteiger partial charge in [-0.2, -0.15) is 0 Å². The van der Waals surface area contributed by atoms with E-state index in [1.165, 1.54) is 6.07 Å². The molecule has 0 fully saturated rings. The number of aromatic hydroxyl groups is 1. The van der Waals surface area contributed by atoms with Gasteiger partial charge in [-0.25, -0.2) is 4.79 Å². The summed E-state index contributed by atoms with van der Waals surface area (Å²) in [6, 6.07) is 3.11. The molecule has 0 spiro atoms. The van der Waals surface area contributed by atoms with E-state index >= 15 is 0 Å². The second kappa shape index (κ2) is 2.89. The summed E-state index contributed by atoms with van der Waals surface area (Å²) in [6.45, 7) is 5.98. The van der Waals surface area contributed by atoms with Crippen molar-refractivity contribution in [3.05, 3.63) is 28.2 Å². The van der Waals surface area contributed by atoms with E-state index in [1.807, 2.05) is 20.8 Å². The lowest BCUT2D eigenvalue weighted by Gasteiger charge is -2.18. The van der Waals surface area contributed by atoms with Crippen LogP contribution in [0.15, 0.2) is 21.3 Å². The number of fused-ring (bicyclic) bond motifs is 1. The Morgan fingerprint density at radius 1 is 1.33 bits per heavy atom. The summed E-state index contributed by atoms with van der Waals surface area (Å²) in [6.07, 6.45) is 0. The number of phenols is 1. The maximum atomic E-state index is 11.1. The van der Waals surface area contributed by atoms with Crippen LogP contribution in [0.1, 0.15) is 26.3 Å². The molecule has 0 bridgehead atoms. The fourth-order valence-electron chi connectivity index (χ4n) is 1.60. The van der Waals surface area contributed by atoms with Gasteiger partial charge in [0, 0.05) is 11.6 Å².